The van der Waals surface area contributed by atoms with E-state index in [1.165, 1.54) is 0 Å². The first-order valence-corrected chi connectivity index (χ1v) is 11.9. The van der Waals surface area contributed by atoms with Crippen LogP contribution in [0.5, 0.6) is 0 Å². The normalized spacial score (nSPS) is 15.1. The molecule has 5 nitrogen and oxygen atoms in total. The molecule has 4 aromatic rings. The molecule has 1 fully saturated rings. The highest BCUT2D eigenvalue weighted by atomic mass is 16.5. The first-order chi connectivity index (χ1) is 16.4. The van der Waals surface area contributed by atoms with Gasteiger partial charge in [-0.25, -0.2) is 0 Å². The third kappa shape index (κ3) is 3.75. The largest absolute Gasteiger partial charge is 0.379 e. The number of Topliss-reactive ketones (excluding diaryl/α,β-unsaturated/α-hetero) is 1. The first-order valence-electron chi connectivity index (χ1n) is 11.9. The lowest BCUT2D eigenvalue weighted by Crippen LogP contribution is -2.54. The van der Waals surface area contributed by atoms with Crippen molar-refractivity contribution in [3.8, 4) is 0 Å². The third-order valence-corrected chi connectivity index (χ3v) is 7.10. The van der Waals surface area contributed by atoms with Gasteiger partial charge in [0.05, 0.1) is 18.8 Å². The van der Waals surface area contributed by atoms with Crippen LogP contribution in [0.2, 0.25) is 0 Å². The van der Waals surface area contributed by atoms with E-state index in [0.29, 0.717) is 29.9 Å². The summed E-state index contributed by atoms with van der Waals surface area (Å²) in [5.41, 5.74) is 3.54. The third-order valence-electron chi connectivity index (χ3n) is 7.10. The molecule has 0 atom stereocenters. The van der Waals surface area contributed by atoms with Crippen molar-refractivity contribution in [2.24, 2.45) is 0 Å². The van der Waals surface area contributed by atoms with Gasteiger partial charge in [0, 0.05) is 58.1 Å². The Labute approximate surface area is 199 Å². The summed E-state index contributed by atoms with van der Waals surface area (Å²) in [6.45, 7) is 9.72. The number of rotatable bonds is 6. The van der Waals surface area contributed by atoms with Gasteiger partial charge in [-0.1, -0.05) is 30.3 Å². The number of ether oxygens (including phenoxy) is 1. The average molecular weight is 455 g/mol. The molecule has 0 unspecified atom stereocenters. The van der Waals surface area contributed by atoms with Crippen LogP contribution in [-0.4, -0.2) is 52.9 Å². The van der Waals surface area contributed by atoms with E-state index in [9.17, 15) is 9.59 Å². The van der Waals surface area contributed by atoms with Crippen LogP contribution in [0.25, 0.3) is 21.8 Å². The second-order valence-electron chi connectivity index (χ2n) is 9.39. The molecule has 0 amide bonds. The fourth-order valence-corrected chi connectivity index (χ4v) is 5.10. The van der Waals surface area contributed by atoms with Crippen LogP contribution < -0.4 is 0 Å². The van der Waals surface area contributed by atoms with Gasteiger partial charge < -0.3 is 9.30 Å². The van der Waals surface area contributed by atoms with E-state index in [-0.39, 0.29) is 11.6 Å². The van der Waals surface area contributed by atoms with Crippen molar-refractivity contribution < 1.29 is 14.3 Å². The van der Waals surface area contributed by atoms with Crippen LogP contribution in [0.15, 0.2) is 66.7 Å². The summed E-state index contributed by atoms with van der Waals surface area (Å²) in [6.07, 6.45) is 0. The number of nitrogens with zero attached hydrogens (tertiary/aromatic N) is 2. The Kier molecular flexibility index (Phi) is 5.84. The summed E-state index contributed by atoms with van der Waals surface area (Å²) in [5.74, 6) is 0.103. The van der Waals surface area contributed by atoms with Crippen molar-refractivity contribution in [1.82, 2.24) is 9.47 Å². The van der Waals surface area contributed by atoms with Crippen LogP contribution >= 0.6 is 0 Å². The van der Waals surface area contributed by atoms with E-state index in [1.807, 2.05) is 80.6 Å². The molecule has 0 spiro atoms. The summed E-state index contributed by atoms with van der Waals surface area (Å²) in [7, 11) is 0. The molecular formula is C29H30N2O3. The van der Waals surface area contributed by atoms with E-state index in [0.717, 1.165) is 41.4 Å². The maximum atomic E-state index is 13.6. The molecular weight excluding hydrogens is 424 g/mol. The second kappa shape index (κ2) is 8.82. The minimum atomic E-state index is -0.616. The van der Waals surface area contributed by atoms with Gasteiger partial charge in [-0.05, 0) is 57.2 Å². The Bertz CT molecular complexity index is 1380. The molecule has 1 aromatic heterocycles. The summed E-state index contributed by atoms with van der Waals surface area (Å²) in [6, 6.07) is 21.2. The molecule has 0 radical (unpaired) electrons. The zero-order valence-corrected chi connectivity index (χ0v) is 20.0. The van der Waals surface area contributed by atoms with E-state index >= 15 is 0 Å². The van der Waals surface area contributed by atoms with Gasteiger partial charge in [-0.2, -0.15) is 0 Å². The van der Waals surface area contributed by atoms with Crippen LogP contribution in [0.4, 0.5) is 0 Å². The van der Waals surface area contributed by atoms with Gasteiger partial charge in [0.1, 0.15) is 0 Å². The zero-order chi connectivity index (χ0) is 23.9. The number of aromatic nitrogens is 1. The van der Waals surface area contributed by atoms with Gasteiger partial charge in [0.15, 0.2) is 11.6 Å². The minimum absolute atomic E-state index is 0.000537. The molecule has 0 N–H and O–H groups in total. The summed E-state index contributed by atoms with van der Waals surface area (Å²) >= 11 is 0. The lowest BCUT2D eigenvalue weighted by Gasteiger charge is -2.39. The predicted octanol–water partition coefficient (Wildman–Crippen LogP) is 5.34. The Balaban J connectivity index is 1.61. The van der Waals surface area contributed by atoms with Crippen molar-refractivity contribution in [3.63, 3.8) is 0 Å². The monoisotopic (exact) mass is 454 g/mol. The Morgan fingerprint density at radius 2 is 1.41 bits per heavy atom. The number of benzene rings is 3. The molecule has 1 saturated heterocycles. The number of aryl methyl sites for hydroxylation is 1. The highest BCUT2D eigenvalue weighted by Gasteiger charge is 2.36. The Hall–Kier alpha value is -3.28. The molecule has 2 heterocycles. The molecule has 3 aromatic carbocycles. The highest BCUT2D eigenvalue weighted by molar-refractivity contribution is 6.16. The molecule has 174 valence electrons. The number of hydrogen-bond donors (Lipinski definition) is 0. The van der Waals surface area contributed by atoms with Crippen LogP contribution in [0.1, 0.15) is 47.1 Å². The summed E-state index contributed by atoms with van der Waals surface area (Å²) < 4.78 is 7.72. The Morgan fingerprint density at radius 3 is 2.03 bits per heavy atom. The zero-order valence-electron chi connectivity index (χ0n) is 20.0. The lowest BCUT2D eigenvalue weighted by atomic mass is 9.90. The molecule has 0 aliphatic carbocycles. The Morgan fingerprint density at radius 1 is 0.824 bits per heavy atom. The highest BCUT2D eigenvalue weighted by Crippen LogP contribution is 2.33. The average Bonchev–Trinajstić information content (AvgIpc) is 3.21. The number of morpholine rings is 1. The van der Waals surface area contributed by atoms with Gasteiger partial charge in [0.2, 0.25) is 0 Å². The van der Waals surface area contributed by atoms with Crippen LogP contribution in [0, 0.1) is 0 Å². The van der Waals surface area contributed by atoms with E-state index in [4.69, 9.17) is 4.74 Å². The van der Waals surface area contributed by atoms with Crippen molar-refractivity contribution in [3.05, 3.63) is 83.4 Å². The topological polar surface area (TPSA) is 51.5 Å². The molecule has 0 bridgehead atoms. The van der Waals surface area contributed by atoms with Crippen molar-refractivity contribution in [2.45, 2.75) is 32.9 Å². The molecule has 0 saturated carbocycles. The molecule has 34 heavy (non-hydrogen) atoms. The number of carbonyl (C=O) groups excluding carboxylic acids is 2. The smallest absolute Gasteiger partial charge is 0.193 e. The quantitative estimate of drug-likeness (QED) is 0.369. The van der Waals surface area contributed by atoms with Crippen LogP contribution in [-0.2, 0) is 11.3 Å². The standard InChI is InChI=1S/C29H30N2O3/c1-4-31-25-12-10-21(27(32)20-8-6-5-7-9-20)18-23(25)24-19-22(11-13-26(24)31)28(33)29(2,3)30-14-16-34-17-15-30/h5-13,18-19H,4,14-17H2,1-3H3. The van der Waals surface area contributed by atoms with Gasteiger partial charge in [0.25, 0.3) is 0 Å². The van der Waals surface area contributed by atoms with Gasteiger partial charge >= 0.3 is 0 Å². The number of hydrogen-bond acceptors (Lipinski definition) is 4. The minimum Gasteiger partial charge on any atom is -0.379 e. The van der Waals surface area contributed by atoms with Crippen molar-refractivity contribution in [1.29, 1.82) is 0 Å². The van der Waals surface area contributed by atoms with Gasteiger partial charge in [-0.3, -0.25) is 14.5 Å². The van der Waals surface area contributed by atoms with E-state index < -0.39 is 5.54 Å². The first kappa shape index (κ1) is 22.5. The fraction of sp³-hybridized carbons (Fsp3) is 0.310. The molecule has 5 rings (SSSR count). The SMILES string of the molecule is CCn1c2ccc(C(=O)c3ccccc3)cc2c2cc(C(=O)C(C)(C)N3CCOCC3)ccc21. The fourth-order valence-electron chi connectivity index (χ4n) is 5.10. The van der Waals surface area contributed by atoms with Crippen LogP contribution in [0.3, 0.4) is 0 Å². The second-order valence-corrected chi connectivity index (χ2v) is 9.39. The van der Waals surface area contributed by atoms with E-state index in [1.54, 1.807) is 0 Å². The summed E-state index contributed by atoms with van der Waals surface area (Å²) in [4.78, 5) is 28.9. The number of carbonyl (C=O) groups is 2. The molecule has 5 heteroatoms. The molecule has 1 aliphatic rings. The number of fused-ring (bicyclic) bond motifs is 3. The predicted molar refractivity (Wildman–Crippen MR) is 136 cm³/mol. The van der Waals surface area contributed by atoms with E-state index in [2.05, 4.69) is 16.4 Å². The maximum Gasteiger partial charge on any atom is 0.193 e. The maximum absolute atomic E-state index is 13.6. The van der Waals surface area contributed by atoms with Crippen molar-refractivity contribution >= 4 is 33.4 Å². The van der Waals surface area contributed by atoms with Gasteiger partial charge in [-0.15, -0.1) is 0 Å². The number of ketones is 2. The van der Waals surface area contributed by atoms with Crippen molar-refractivity contribution in [2.75, 3.05) is 26.3 Å². The summed E-state index contributed by atoms with van der Waals surface area (Å²) in [5, 5.41) is 2.00. The molecule has 1 aliphatic heterocycles. The lowest BCUT2D eigenvalue weighted by molar-refractivity contribution is -0.00429.